The SMILES string of the molecule is Cc1ccc(N2CCC(O)(CN3CCN(S(C)(=O)=O)C[C@H](C(=O)N(C)C)C3)CC2)cc1. The van der Waals surface area contributed by atoms with E-state index >= 15 is 0 Å². The van der Waals surface area contributed by atoms with Gasteiger partial charge < -0.3 is 14.9 Å². The van der Waals surface area contributed by atoms with Gasteiger partial charge in [0.15, 0.2) is 0 Å². The second kappa shape index (κ2) is 9.44. The second-order valence-corrected chi connectivity index (χ2v) is 11.3. The minimum atomic E-state index is -3.39. The first-order chi connectivity index (χ1) is 14.5. The lowest BCUT2D eigenvalue weighted by Crippen LogP contribution is -2.52. The molecule has 1 aromatic carbocycles. The molecule has 174 valence electrons. The number of hydrogen-bond acceptors (Lipinski definition) is 6. The number of aliphatic hydroxyl groups is 1. The first kappa shape index (κ1) is 24.0. The molecule has 0 unspecified atom stereocenters. The van der Waals surface area contributed by atoms with Gasteiger partial charge >= 0.3 is 0 Å². The van der Waals surface area contributed by atoms with E-state index < -0.39 is 21.5 Å². The van der Waals surface area contributed by atoms with Crippen molar-refractivity contribution in [3.05, 3.63) is 29.8 Å². The Hall–Kier alpha value is -1.68. The Kier molecular flexibility index (Phi) is 7.30. The van der Waals surface area contributed by atoms with E-state index in [9.17, 15) is 18.3 Å². The molecule has 1 atom stereocenters. The first-order valence-corrected chi connectivity index (χ1v) is 12.7. The van der Waals surface area contributed by atoms with Crippen LogP contribution in [0.3, 0.4) is 0 Å². The third kappa shape index (κ3) is 6.19. The number of hydrogen-bond donors (Lipinski definition) is 1. The average Bonchev–Trinajstić information content (AvgIpc) is 2.91. The van der Waals surface area contributed by atoms with Crippen LogP contribution in [-0.2, 0) is 14.8 Å². The predicted octanol–water partition coefficient (Wildman–Crippen LogP) is 0.608. The van der Waals surface area contributed by atoms with Gasteiger partial charge in [-0.05, 0) is 31.9 Å². The largest absolute Gasteiger partial charge is 0.388 e. The quantitative estimate of drug-likeness (QED) is 0.705. The molecule has 0 spiro atoms. The van der Waals surface area contributed by atoms with Crippen LogP contribution in [0.15, 0.2) is 24.3 Å². The zero-order valence-electron chi connectivity index (χ0n) is 19.1. The average molecular weight is 453 g/mol. The highest BCUT2D eigenvalue weighted by Gasteiger charge is 2.38. The van der Waals surface area contributed by atoms with Crippen molar-refractivity contribution in [2.24, 2.45) is 5.92 Å². The Balaban J connectivity index is 1.66. The molecule has 31 heavy (non-hydrogen) atoms. The van der Waals surface area contributed by atoms with Crippen molar-refractivity contribution in [3.63, 3.8) is 0 Å². The van der Waals surface area contributed by atoms with E-state index in [-0.39, 0.29) is 12.5 Å². The van der Waals surface area contributed by atoms with Crippen LogP contribution in [0, 0.1) is 12.8 Å². The van der Waals surface area contributed by atoms with Gasteiger partial charge in [0, 0.05) is 65.6 Å². The Morgan fingerprint density at radius 3 is 2.26 bits per heavy atom. The van der Waals surface area contributed by atoms with Gasteiger partial charge in [-0.15, -0.1) is 0 Å². The van der Waals surface area contributed by atoms with Crippen LogP contribution in [0.5, 0.6) is 0 Å². The van der Waals surface area contributed by atoms with E-state index in [0.29, 0.717) is 39.0 Å². The Morgan fingerprint density at radius 2 is 1.71 bits per heavy atom. The molecule has 0 aromatic heterocycles. The molecule has 0 aliphatic carbocycles. The summed E-state index contributed by atoms with van der Waals surface area (Å²) in [5, 5.41) is 11.3. The summed E-state index contributed by atoms with van der Waals surface area (Å²) in [6.07, 6.45) is 2.47. The monoisotopic (exact) mass is 452 g/mol. The molecule has 1 aromatic rings. The van der Waals surface area contributed by atoms with Gasteiger partial charge in [0.05, 0.1) is 17.8 Å². The lowest BCUT2D eigenvalue weighted by Gasteiger charge is -2.42. The smallest absolute Gasteiger partial charge is 0.227 e. The number of anilines is 1. The molecule has 2 saturated heterocycles. The molecule has 2 heterocycles. The van der Waals surface area contributed by atoms with Crippen LogP contribution >= 0.6 is 0 Å². The van der Waals surface area contributed by atoms with Crippen molar-refractivity contribution < 1.29 is 18.3 Å². The van der Waals surface area contributed by atoms with Crippen molar-refractivity contribution in [2.75, 3.05) is 71.1 Å². The third-order valence-corrected chi connectivity index (χ3v) is 7.71. The fourth-order valence-electron chi connectivity index (χ4n) is 4.53. The maximum atomic E-state index is 12.7. The second-order valence-electron chi connectivity index (χ2n) is 9.33. The summed E-state index contributed by atoms with van der Waals surface area (Å²) < 4.78 is 25.7. The van der Waals surface area contributed by atoms with Crippen molar-refractivity contribution in [3.8, 4) is 0 Å². The zero-order chi connectivity index (χ0) is 22.8. The number of aryl methyl sites for hydroxylation is 1. The number of carbonyl (C=O) groups excluding carboxylic acids is 1. The van der Waals surface area contributed by atoms with E-state index in [1.165, 1.54) is 26.7 Å². The van der Waals surface area contributed by atoms with Crippen LogP contribution < -0.4 is 4.90 Å². The summed E-state index contributed by atoms with van der Waals surface area (Å²) in [6.45, 7) is 5.53. The molecule has 0 radical (unpaired) electrons. The Labute approximate surface area is 186 Å². The van der Waals surface area contributed by atoms with Gasteiger partial charge in [-0.2, -0.15) is 0 Å². The number of amides is 1. The van der Waals surface area contributed by atoms with Gasteiger partial charge in [-0.3, -0.25) is 9.69 Å². The predicted molar refractivity (Wildman–Crippen MR) is 123 cm³/mol. The maximum absolute atomic E-state index is 12.7. The molecule has 0 bridgehead atoms. The summed E-state index contributed by atoms with van der Waals surface area (Å²) in [7, 11) is -0.00505. The number of sulfonamides is 1. The van der Waals surface area contributed by atoms with Gasteiger partial charge in [0.2, 0.25) is 15.9 Å². The van der Waals surface area contributed by atoms with Gasteiger partial charge in [0.25, 0.3) is 0 Å². The highest BCUT2D eigenvalue weighted by Crippen LogP contribution is 2.28. The van der Waals surface area contributed by atoms with E-state index in [4.69, 9.17) is 0 Å². The standard InChI is InChI=1S/C22H36N4O4S/c1-18-5-7-20(8-6-18)25-11-9-22(28,10-12-25)17-24-13-14-26(31(4,29)30)16-19(15-24)21(27)23(2)3/h5-8,19,28H,9-17H2,1-4H3/t19-/m1/s1. The minimum absolute atomic E-state index is 0.0817. The molecule has 1 N–H and O–H groups in total. The number of β-amino-alcohol motifs (C(OH)–C–C–N with tert-alkyl or cyclic N) is 1. The number of rotatable bonds is 5. The lowest BCUT2D eigenvalue weighted by atomic mass is 9.90. The highest BCUT2D eigenvalue weighted by molar-refractivity contribution is 7.88. The van der Waals surface area contributed by atoms with Crippen LogP contribution in [0.4, 0.5) is 5.69 Å². The van der Waals surface area contributed by atoms with E-state index in [1.54, 1.807) is 14.1 Å². The topological polar surface area (TPSA) is 84.4 Å². The van der Waals surface area contributed by atoms with Crippen molar-refractivity contribution >= 4 is 21.6 Å². The first-order valence-electron chi connectivity index (χ1n) is 10.9. The molecule has 2 aliphatic heterocycles. The lowest BCUT2D eigenvalue weighted by molar-refractivity contribution is -0.133. The minimum Gasteiger partial charge on any atom is -0.388 e. The number of benzene rings is 1. The van der Waals surface area contributed by atoms with Crippen LogP contribution in [0.25, 0.3) is 0 Å². The van der Waals surface area contributed by atoms with E-state index in [2.05, 4.69) is 41.0 Å². The van der Waals surface area contributed by atoms with Gasteiger partial charge in [-0.25, -0.2) is 12.7 Å². The summed E-state index contributed by atoms with van der Waals surface area (Å²) in [6, 6.07) is 8.43. The summed E-state index contributed by atoms with van der Waals surface area (Å²) in [5.74, 6) is -0.523. The third-order valence-electron chi connectivity index (χ3n) is 6.44. The zero-order valence-corrected chi connectivity index (χ0v) is 19.9. The fraction of sp³-hybridized carbons (Fsp3) is 0.682. The van der Waals surface area contributed by atoms with Crippen molar-refractivity contribution in [1.29, 1.82) is 0 Å². The van der Waals surface area contributed by atoms with E-state index in [0.717, 1.165) is 13.1 Å². The molecule has 9 heteroatoms. The normalized spacial score (nSPS) is 23.4. The molecule has 2 fully saturated rings. The Morgan fingerprint density at radius 1 is 1.10 bits per heavy atom. The Bertz CT molecular complexity index is 864. The summed E-state index contributed by atoms with van der Waals surface area (Å²) in [5.41, 5.74) is 1.55. The maximum Gasteiger partial charge on any atom is 0.227 e. The molecule has 1 amide bonds. The summed E-state index contributed by atoms with van der Waals surface area (Å²) in [4.78, 5) is 18.6. The molecule has 8 nitrogen and oxygen atoms in total. The number of nitrogens with zero attached hydrogens (tertiary/aromatic N) is 4. The molecule has 2 aliphatic rings. The number of carbonyl (C=O) groups is 1. The van der Waals surface area contributed by atoms with Crippen LogP contribution in [0.1, 0.15) is 18.4 Å². The van der Waals surface area contributed by atoms with E-state index in [1.807, 2.05) is 0 Å². The molecular formula is C22H36N4O4S. The van der Waals surface area contributed by atoms with Crippen molar-refractivity contribution in [1.82, 2.24) is 14.1 Å². The van der Waals surface area contributed by atoms with Crippen LogP contribution in [-0.4, -0.2) is 105 Å². The van der Waals surface area contributed by atoms with Gasteiger partial charge in [0.1, 0.15) is 0 Å². The van der Waals surface area contributed by atoms with Crippen LogP contribution in [0.2, 0.25) is 0 Å². The van der Waals surface area contributed by atoms with Gasteiger partial charge in [-0.1, -0.05) is 17.7 Å². The highest BCUT2D eigenvalue weighted by atomic mass is 32.2. The fourth-order valence-corrected chi connectivity index (χ4v) is 5.39. The molecule has 3 rings (SSSR count). The number of piperidine rings is 1. The summed E-state index contributed by atoms with van der Waals surface area (Å²) >= 11 is 0. The van der Waals surface area contributed by atoms with Crippen molar-refractivity contribution in [2.45, 2.75) is 25.4 Å². The molecule has 0 saturated carbocycles. The molecular weight excluding hydrogens is 416 g/mol.